The predicted octanol–water partition coefficient (Wildman–Crippen LogP) is 0.647. The Morgan fingerprint density at radius 3 is 0.750 bits per heavy atom. The Kier molecular flexibility index (Phi) is 89.1. The van der Waals surface area contributed by atoms with Crippen LogP contribution in [0.15, 0.2) is 0 Å². The molecule has 0 rings (SSSR count). The van der Waals surface area contributed by atoms with Gasteiger partial charge in [0, 0.05) is 33.0 Å². The first kappa shape index (κ1) is 16.9. The summed E-state index contributed by atoms with van der Waals surface area (Å²) in [6, 6.07) is 0. The molecule has 0 aromatic carbocycles. The van der Waals surface area contributed by atoms with E-state index in [4.69, 9.17) is 0 Å². The topological polar surface area (TPSA) is 0 Å². The van der Waals surface area contributed by atoms with Gasteiger partial charge >= 0.3 is 0 Å². The van der Waals surface area contributed by atoms with Gasteiger partial charge < -0.3 is 0 Å². The van der Waals surface area contributed by atoms with Gasteiger partial charge in [0.05, 0.1) is 0 Å². The molecule has 0 aromatic heterocycles. The molecule has 0 nitrogen and oxygen atoms in total. The van der Waals surface area contributed by atoms with Crippen molar-refractivity contribution in [3.63, 3.8) is 0 Å². The zero-order valence-electron chi connectivity index (χ0n) is 1.79. The summed E-state index contributed by atoms with van der Waals surface area (Å²) in [4.78, 5) is 0. The summed E-state index contributed by atoms with van der Waals surface area (Å²) in [5.41, 5.74) is 0. The summed E-state index contributed by atoms with van der Waals surface area (Å²) in [5, 5.41) is 0. The summed E-state index contributed by atoms with van der Waals surface area (Å²) in [6.07, 6.45) is 0. The molecule has 0 amide bonds. The van der Waals surface area contributed by atoms with Crippen molar-refractivity contribution in [2.75, 3.05) is 0 Å². The summed E-state index contributed by atoms with van der Waals surface area (Å²) in [5.74, 6) is 0. The minimum atomic E-state index is 0. The van der Waals surface area contributed by atoms with Crippen molar-refractivity contribution >= 4 is 17.9 Å². The van der Waals surface area contributed by atoms with Gasteiger partial charge in [0.2, 0.25) is 0 Å². The molecular formula is H4Ni2P2. The van der Waals surface area contributed by atoms with Crippen LogP contribution in [0.25, 0.3) is 0 Å². The second-order valence-electron chi connectivity index (χ2n) is 0. The number of hydrogen-bond donors (Lipinski definition) is 0. The molecule has 2 atom stereocenters. The molecule has 0 aliphatic rings. The van der Waals surface area contributed by atoms with Gasteiger partial charge in [0.15, 0.2) is 0 Å². The molecule has 0 spiro atoms. The van der Waals surface area contributed by atoms with Gasteiger partial charge in [-0.1, -0.05) is 0 Å². The van der Waals surface area contributed by atoms with Crippen LogP contribution in [-0.2, 0) is 33.0 Å². The smallest absolute Gasteiger partial charge is 0 e. The van der Waals surface area contributed by atoms with Gasteiger partial charge in [-0.2, -0.15) is 0 Å². The molecule has 0 saturated carbocycles. The van der Waals surface area contributed by atoms with Gasteiger partial charge in [-0.3, -0.25) is 0 Å². The van der Waals surface area contributed by atoms with Crippen LogP contribution in [0.2, 0.25) is 0 Å². The average molecular weight is 183 g/mol. The van der Waals surface area contributed by atoms with E-state index >= 15 is 0 Å². The summed E-state index contributed by atoms with van der Waals surface area (Å²) in [7, 11) is 4.67. The maximum Gasteiger partial charge on any atom is 0 e. The monoisotopic (exact) mass is 182 g/mol. The second kappa shape index (κ2) is 21.0. The SMILES string of the molecule is PP.[Ni].[Ni]. The normalized spacial score (nSPS) is 1.50. The van der Waals surface area contributed by atoms with Crippen LogP contribution in [-0.4, -0.2) is 0 Å². The molecule has 0 fully saturated rings. The number of hydrogen-bond acceptors (Lipinski definition) is 0. The van der Waals surface area contributed by atoms with Gasteiger partial charge in [0.1, 0.15) is 0 Å². The first-order chi connectivity index (χ1) is 1.00. The second-order valence-corrected chi connectivity index (χ2v) is 0. The molecule has 0 N–H and O–H groups in total. The van der Waals surface area contributed by atoms with Crippen LogP contribution in [0.1, 0.15) is 0 Å². The van der Waals surface area contributed by atoms with Crippen molar-refractivity contribution in [1.29, 1.82) is 0 Å². The fraction of sp³-hybridized carbons (Fsp3) is 0. The molecule has 0 aliphatic heterocycles. The maximum absolute atomic E-state index is 2.33. The molecule has 0 saturated heterocycles. The molecule has 4 heteroatoms. The van der Waals surface area contributed by atoms with Gasteiger partial charge in [0.25, 0.3) is 0 Å². The van der Waals surface area contributed by atoms with E-state index in [0.29, 0.717) is 0 Å². The minimum Gasteiger partial charge on any atom is -0.118 e. The van der Waals surface area contributed by atoms with E-state index in [0.717, 1.165) is 0 Å². The summed E-state index contributed by atoms with van der Waals surface area (Å²) >= 11 is 0. The Balaban J connectivity index is -0.00000000500. The van der Waals surface area contributed by atoms with Crippen molar-refractivity contribution in [3.8, 4) is 0 Å². The molecule has 4 heavy (non-hydrogen) atoms. The van der Waals surface area contributed by atoms with Crippen LogP contribution in [0.3, 0.4) is 0 Å². The first-order valence-corrected chi connectivity index (χ1v) is 3.00. The molecule has 0 bridgehead atoms. The summed E-state index contributed by atoms with van der Waals surface area (Å²) < 4.78 is 0. The number of rotatable bonds is 0. The zero-order valence-corrected chi connectivity index (χ0v) is 6.07. The van der Waals surface area contributed by atoms with E-state index in [-0.39, 0.29) is 33.0 Å². The third kappa shape index (κ3) is 9.14. The van der Waals surface area contributed by atoms with E-state index in [2.05, 4.69) is 17.9 Å². The van der Waals surface area contributed by atoms with Gasteiger partial charge in [-0.05, 0) is 0 Å². The molecular weight excluding hydrogens is 179 g/mol. The molecule has 0 aliphatic carbocycles. The maximum atomic E-state index is 2.33. The zero-order chi connectivity index (χ0) is 2.00. The van der Waals surface area contributed by atoms with Crippen LogP contribution in [0.4, 0.5) is 0 Å². The van der Waals surface area contributed by atoms with Crippen molar-refractivity contribution in [3.05, 3.63) is 0 Å². The Morgan fingerprint density at radius 1 is 0.750 bits per heavy atom. The molecule has 2 unspecified atom stereocenters. The fourth-order valence-corrected chi connectivity index (χ4v) is 0. The Labute approximate surface area is 51.0 Å². The summed E-state index contributed by atoms with van der Waals surface area (Å²) in [6.45, 7) is 0. The van der Waals surface area contributed by atoms with Crippen molar-refractivity contribution in [2.45, 2.75) is 0 Å². The van der Waals surface area contributed by atoms with Gasteiger partial charge in [-0.15, -0.1) is 17.9 Å². The Hall–Kier alpha value is 1.85. The quantitative estimate of drug-likeness (QED) is 0.382. The van der Waals surface area contributed by atoms with E-state index in [1.807, 2.05) is 0 Å². The third-order valence-electron chi connectivity index (χ3n) is 0. The average Bonchev–Trinajstić information content (AvgIpc) is 1.00. The predicted molar refractivity (Wildman–Crippen MR) is 19.4 cm³/mol. The van der Waals surface area contributed by atoms with Crippen LogP contribution in [0.5, 0.6) is 0 Å². The van der Waals surface area contributed by atoms with Crippen LogP contribution in [0, 0.1) is 0 Å². The van der Waals surface area contributed by atoms with E-state index in [1.54, 1.807) is 0 Å². The van der Waals surface area contributed by atoms with Crippen molar-refractivity contribution < 1.29 is 33.0 Å². The standard InChI is InChI=1S/2Ni.H4P2/c;;1-2/h;;1-2H2. The van der Waals surface area contributed by atoms with Crippen LogP contribution < -0.4 is 0 Å². The largest absolute Gasteiger partial charge is 0.118 e. The Morgan fingerprint density at radius 2 is 0.750 bits per heavy atom. The van der Waals surface area contributed by atoms with Crippen molar-refractivity contribution in [2.24, 2.45) is 0 Å². The molecule has 34 valence electrons. The van der Waals surface area contributed by atoms with E-state index in [9.17, 15) is 0 Å². The van der Waals surface area contributed by atoms with Crippen LogP contribution >= 0.6 is 17.9 Å². The molecule has 0 heterocycles. The van der Waals surface area contributed by atoms with Gasteiger partial charge in [-0.25, -0.2) is 0 Å². The minimum absolute atomic E-state index is 0. The fourth-order valence-electron chi connectivity index (χ4n) is 0. The van der Waals surface area contributed by atoms with E-state index < -0.39 is 0 Å². The van der Waals surface area contributed by atoms with Crippen molar-refractivity contribution in [1.82, 2.24) is 0 Å². The van der Waals surface area contributed by atoms with E-state index in [1.165, 1.54) is 0 Å². The molecule has 0 radical (unpaired) electrons. The molecule has 0 aromatic rings. The first-order valence-electron chi connectivity index (χ1n) is 0.333. The Bertz CT molecular complexity index is 4.00. The third-order valence-corrected chi connectivity index (χ3v) is 0.